The summed E-state index contributed by atoms with van der Waals surface area (Å²) >= 11 is 5.90. The van der Waals surface area contributed by atoms with Crippen LogP contribution in [0.5, 0.6) is 11.5 Å². The van der Waals surface area contributed by atoms with Gasteiger partial charge in [0.2, 0.25) is 5.91 Å². The molecule has 0 radical (unpaired) electrons. The molecule has 5 rings (SSSR count). The molecule has 3 aromatic rings. The monoisotopic (exact) mass is 471 g/mol. The summed E-state index contributed by atoms with van der Waals surface area (Å²) < 4.78 is 25.1. The highest BCUT2D eigenvalue weighted by Crippen LogP contribution is 2.37. The largest absolute Gasteiger partial charge is 0.493 e. The van der Waals surface area contributed by atoms with E-state index < -0.39 is 5.82 Å². The molecule has 2 aliphatic heterocycles. The molecule has 10 heteroatoms. The number of anilines is 2. The molecule has 0 bridgehead atoms. The van der Waals surface area contributed by atoms with Crippen LogP contribution in [-0.4, -0.2) is 60.7 Å². The van der Waals surface area contributed by atoms with Crippen LogP contribution in [0.15, 0.2) is 36.7 Å². The summed E-state index contributed by atoms with van der Waals surface area (Å²) in [4.78, 5) is 22.4. The van der Waals surface area contributed by atoms with E-state index in [0.29, 0.717) is 41.5 Å². The molecule has 2 aliphatic rings. The molecule has 33 heavy (non-hydrogen) atoms. The quantitative estimate of drug-likeness (QED) is 0.546. The number of aromatic nitrogens is 2. The number of hydrogen-bond donors (Lipinski definition) is 2. The van der Waals surface area contributed by atoms with Crippen molar-refractivity contribution in [3.05, 3.63) is 47.5 Å². The average Bonchev–Trinajstić information content (AvgIpc) is 3.17. The van der Waals surface area contributed by atoms with Gasteiger partial charge in [0, 0.05) is 55.2 Å². The zero-order valence-electron chi connectivity index (χ0n) is 18.0. The standard InChI is InChI=1S/C23H23ClFN5O3/c1-32-19-8-18-15(22(28-13-27-18)29-14-2-3-17(25)16(24)6-14)7-20(19)33-5-4-30-11-23(12-30)9-21(31)26-10-23/h2-3,6-8,13H,4-5,9-12H2,1H3,(H,26,31)(H,27,28,29). The molecule has 2 saturated heterocycles. The first kappa shape index (κ1) is 21.7. The van der Waals surface area contributed by atoms with Gasteiger partial charge < -0.3 is 20.1 Å². The van der Waals surface area contributed by atoms with Crippen LogP contribution in [0.3, 0.4) is 0 Å². The molecule has 2 aromatic carbocycles. The Morgan fingerprint density at radius 1 is 1.24 bits per heavy atom. The van der Waals surface area contributed by atoms with Gasteiger partial charge in [-0.3, -0.25) is 9.69 Å². The second kappa shape index (κ2) is 8.64. The number of benzene rings is 2. The predicted octanol–water partition coefficient (Wildman–Crippen LogP) is 3.38. The Labute approximate surface area is 195 Å². The van der Waals surface area contributed by atoms with Crippen molar-refractivity contribution in [3.63, 3.8) is 0 Å². The Hall–Kier alpha value is -3.17. The molecule has 172 valence electrons. The SMILES string of the molecule is COc1cc2ncnc(Nc3ccc(F)c(Cl)c3)c2cc1OCCN1CC2(CNC(=O)C2)C1. The molecule has 2 N–H and O–H groups in total. The van der Waals surface area contributed by atoms with Crippen molar-refractivity contribution in [2.45, 2.75) is 6.42 Å². The van der Waals surface area contributed by atoms with Gasteiger partial charge in [-0.1, -0.05) is 11.6 Å². The van der Waals surface area contributed by atoms with Crippen molar-refractivity contribution in [3.8, 4) is 11.5 Å². The predicted molar refractivity (Wildman–Crippen MR) is 123 cm³/mol. The molecule has 8 nitrogen and oxygen atoms in total. The third-order valence-electron chi connectivity index (χ3n) is 6.08. The van der Waals surface area contributed by atoms with E-state index in [1.54, 1.807) is 19.2 Å². The van der Waals surface area contributed by atoms with E-state index in [0.717, 1.165) is 31.6 Å². The number of likely N-dealkylation sites (tertiary alicyclic amines) is 1. The molecule has 3 heterocycles. The van der Waals surface area contributed by atoms with E-state index in [4.69, 9.17) is 21.1 Å². The maximum absolute atomic E-state index is 13.5. The Bertz CT molecular complexity index is 1220. The van der Waals surface area contributed by atoms with Crippen LogP contribution in [-0.2, 0) is 4.79 Å². The van der Waals surface area contributed by atoms with Crippen molar-refractivity contribution in [2.24, 2.45) is 5.41 Å². The maximum Gasteiger partial charge on any atom is 0.220 e. The third kappa shape index (κ3) is 4.38. The summed E-state index contributed by atoms with van der Waals surface area (Å²) in [6.45, 7) is 3.78. The van der Waals surface area contributed by atoms with Crippen molar-refractivity contribution in [1.29, 1.82) is 0 Å². The summed E-state index contributed by atoms with van der Waals surface area (Å²) in [5.74, 6) is 1.34. The normalized spacial score (nSPS) is 17.1. The number of rotatable bonds is 7. The lowest BCUT2D eigenvalue weighted by atomic mass is 9.79. The number of carbonyl (C=O) groups excluding carboxylic acids is 1. The first-order valence-corrected chi connectivity index (χ1v) is 11.0. The van der Waals surface area contributed by atoms with Gasteiger partial charge in [0.05, 0.1) is 17.6 Å². The summed E-state index contributed by atoms with van der Waals surface area (Å²) in [5, 5.41) is 6.83. The van der Waals surface area contributed by atoms with Crippen LogP contribution in [0.2, 0.25) is 5.02 Å². The Balaban J connectivity index is 1.30. The fourth-order valence-electron chi connectivity index (χ4n) is 4.47. The van der Waals surface area contributed by atoms with Crippen LogP contribution in [0, 0.1) is 11.2 Å². The highest BCUT2D eigenvalue weighted by molar-refractivity contribution is 6.31. The highest BCUT2D eigenvalue weighted by atomic mass is 35.5. The zero-order valence-corrected chi connectivity index (χ0v) is 18.8. The van der Waals surface area contributed by atoms with Crippen LogP contribution in [0.1, 0.15) is 6.42 Å². The van der Waals surface area contributed by atoms with Gasteiger partial charge in [0.25, 0.3) is 0 Å². The lowest BCUT2D eigenvalue weighted by molar-refractivity contribution is -0.120. The minimum absolute atomic E-state index is 0.0228. The van der Waals surface area contributed by atoms with Crippen molar-refractivity contribution < 1.29 is 18.7 Å². The van der Waals surface area contributed by atoms with Gasteiger partial charge in [0.1, 0.15) is 24.6 Å². The number of fused-ring (bicyclic) bond motifs is 1. The molecule has 0 aliphatic carbocycles. The Morgan fingerprint density at radius 3 is 2.82 bits per heavy atom. The first-order chi connectivity index (χ1) is 15.9. The smallest absolute Gasteiger partial charge is 0.220 e. The minimum atomic E-state index is -0.487. The van der Waals surface area contributed by atoms with Crippen molar-refractivity contribution in [2.75, 3.05) is 45.2 Å². The van der Waals surface area contributed by atoms with Gasteiger partial charge in [-0.25, -0.2) is 14.4 Å². The lowest BCUT2D eigenvalue weighted by Gasteiger charge is -2.47. The molecular formula is C23H23ClFN5O3. The maximum atomic E-state index is 13.5. The number of nitrogens with zero attached hydrogens (tertiary/aromatic N) is 3. The van der Waals surface area contributed by atoms with E-state index in [1.165, 1.54) is 18.5 Å². The Kier molecular flexibility index (Phi) is 5.67. The highest BCUT2D eigenvalue weighted by Gasteiger charge is 2.47. The first-order valence-electron chi connectivity index (χ1n) is 10.6. The summed E-state index contributed by atoms with van der Waals surface area (Å²) in [6, 6.07) is 8.01. The van der Waals surface area contributed by atoms with E-state index >= 15 is 0 Å². The number of carbonyl (C=O) groups is 1. The fraction of sp³-hybridized carbons (Fsp3) is 0.348. The molecule has 1 aromatic heterocycles. The summed E-state index contributed by atoms with van der Waals surface area (Å²) in [5.41, 5.74) is 1.37. The van der Waals surface area contributed by atoms with E-state index in [9.17, 15) is 9.18 Å². The number of hydrogen-bond acceptors (Lipinski definition) is 7. The summed E-state index contributed by atoms with van der Waals surface area (Å²) in [7, 11) is 1.58. The molecule has 0 unspecified atom stereocenters. The molecule has 1 amide bonds. The second-order valence-electron chi connectivity index (χ2n) is 8.51. The van der Waals surface area contributed by atoms with Gasteiger partial charge in [-0.2, -0.15) is 0 Å². The average molecular weight is 472 g/mol. The molecule has 2 fully saturated rings. The molecular weight excluding hydrogens is 449 g/mol. The van der Waals surface area contributed by atoms with E-state index in [-0.39, 0.29) is 16.3 Å². The van der Waals surface area contributed by atoms with Gasteiger partial charge in [-0.05, 0) is 24.3 Å². The fourth-order valence-corrected chi connectivity index (χ4v) is 4.65. The van der Waals surface area contributed by atoms with Crippen LogP contribution < -0.4 is 20.1 Å². The Morgan fingerprint density at radius 2 is 2.09 bits per heavy atom. The zero-order chi connectivity index (χ0) is 23.0. The van der Waals surface area contributed by atoms with Crippen molar-refractivity contribution in [1.82, 2.24) is 20.2 Å². The number of methoxy groups -OCH3 is 1. The van der Waals surface area contributed by atoms with Crippen LogP contribution in [0.25, 0.3) is 10.9 Å². The van der Waals surface area contributed by atoms with Gasteiger partial charge in [-0.15, -0.1) is 0 Å². The minimum Gasteiger partial charge on any atom is -0.493 e. The number of ether oxygens (including phenoxy) is 2. The topological polar surface area (TPSA) is 88.6 Å². The second-order valence-corrected chi connectivity index (χ2v) is 8.92. The number of halogens is 2. The van der Waals surface area contributed by atoms with Crippen LogP contribution in [0.4, 0.5) is 15.9 Å². The van der Waals surface area contributed by atoms with Crippen molar-refractivity contribution >= 4 is 39.9 Å². The number of nitrogens with one attached hydrogen (secondary N) is 2. The van der Waals surface area contributed by atoms with E-state index in [2.05, 4.69) is 25.5 Å². The van der Waals surface area contributed by atoms with Gasteiger partial charge >= 0.3 is 0 Å². The lowest BCUT2D eigenvalue weighted by Crippen LogP contribution is -2.58. The van der Waals surface area contributed by atoms with Crippen LogP contribution >= 0.6 is 11.6 Å². The number of amides is 1. The third-order valence-corrected chi connectivity index (χ3v) is 6.37. The molecule has 0 saturated carbocycles. The van der Waals surface area contributed by atoms with Gasteiger partial charge in [0.15, 0.2) is 11.5 Å². The molecule has 0 atom stereocenters. The van der Waals surface area contributed by atoms with E-state index in [1.807, 2.05) is 6.07 Å². The molecule has 1 spiro atoms. The summed E-state index contributed by atoms with van der Waals surface area (Å²) in [6.07, 6.45) is 2.05.